The molecule has 144 valence electrons. The second kappa shape index (κ2) is 5.97. The Morgan fingerprint density at radius 1 is 1.36 bits per heavy atom. The Hall–Kier alpha value is -2.56. The standard InChI is InChI=1S/C18H16N4O4S2/c1-7-11(15(18(25)26)22-14(7)12(8(2)23)16(22)24)10-3-21-5-19-13(17(21)28-10)9-4-27-6-20-9/h3-8,12,14,23H,1-2H3,(H,25,26)/t7?,8-,12-,14+/m1/s1. The van der Waals surface area contributed by atoms with Crippen LogP contribution in [0.2, 0.25) is 0 Å². The second-order valence-corrected chi connectivity index (χ2v) is 8.85. The lowest BCUT2D eigenvalue weighted by Gasteiger charge is -2.46. The van der Waals surface area contributed by atoms with E-state index in [1.807, 2.05) is 22.9 Å². The molecule has 0 aliphatic carbocycles. The molecule has 1 fully saturated rings. The molecule has 0 aromatic carbocycles. The molecule has 1 saturated heterocycles. The van der Waals surface area contributed by atoms with E-state index in [0.29, 0.717) is 5.57 Å². The Balaban J connectivity index is 1.64. The van der Waals surface area contributed by atoms with E-state index in [0.717, 1.165) is 21.1 Å². The fraction of sp³-hybridized carbons (Fsp3) is 0.333. The number of thiazole rings is 2. The summed E-state index contributed by atoms with van der Waals surface area (Å²) in [5.41, 5.74) is 3.92. The predicted molar refractivity (Wildman–Crippen MR) is 104 cm³/mol. The number of aromatic nitrogens is 3. The highest BCUT2D eigenvalue weighted by molar-refractivity contribution is 7.19. The molecule has 2 aliphatic rings. The number of amides is 1. The highest BCUT2D eigenvalue weighted by atomic mass is 32.1. The number of fused-ring (bicyclic) bond motifs is 2. The molecule has 5 rings (SSSR count). The van der Waals surface area contributed by atoms with Crippen molar-refractivity contribution in [1.29, 1.82) is 0 Å². The highest BCUT2D eigenvalue weighted by Gasteiger charge is 2.60. The van der Waals surface area contributed by atoms with Gasteiger partial charge < -0.3 is 15.1 Å². The normalized spacial score (nSPS) is 25.3. The Morgan fingerprint density at radius 3 is 2.79 bits per heavy atom. The van der Waals surface area contributed by atoms with Crippen LogP contribution >= 0.6 is 22.7 Å². The third kappa shape index (κ3) is 2.19. The SMILES string of the molecule is CC1C(c2cn3cnc(-c4cscn4)c3s2)=C(C(=O)O)N2C(=O)[C@H]([C@@H](C)O)[C@H]12. The van der Waals surface area contributed by atoms with Crippen LogP contribution in [0.4, 0.5) is 0 Å². The first-order valence-electron chi connectivity index (χ1n) is 8.74. The smallest absolute Gasteiger partial charge is 0.352 e. The Bertz CT molecular complexity index is 1140. The van der Waals surface area contributed by atoms with Gasteiger partial charge in [0.05, 0.1) is 28.5 Å². The van der Waals surface area contributed by atoms with Crippen LogP contribution in [-0.4, -0.2) is 53.5 Å². The number of aliphatic hydroxyl groups is 1. The van der Waals surface area contributed by atoms with E-state index in [2.05, 4.69) is 9.97 Å². The molecule has 0 radical (unpaired) electrons. The summed E-state index contributed by atoms with van der Waals surface area (Å²) in [5.74, 6) is -2.22. The number of rotatable bonds is 4. The van der Waals surface area contributed by atoms with Gasteiger partial charge >= 0.3 is 5.97 Å². The van der Waals surface area contributed by atoms with Crippen molar-refractivity contribution in [3.8, 4) is 11.4 Å². The number of hydrogen-bond acceptors (Lipinski definition) is 7. The highest BCUT2D eigenvalue weighted by Crippen LogP contribution is 2.51. The number of carbonyl (C=O) groups is 2. The van der Waals surface area contributed by atoms with E-state index >= 15 is 0 Å². The van der Waals surface area contributed by atoms with Crippen LogP contribution in [0, 0.1) is 11.8 Å². The van der Waals surface area contributed by atoms with E-state index in [1.165, 1.54) is 27.6 Å². The van der Waals surface area contributed by atoms with Gasteiger partial charge in [0.25, 0.3) is 0 Å². The van der Waals surface area contributed by atoms with Crippen LogP contribution in [-0.2, 0) is 9.59 Å². The molecule has 0 spiro atoms. The van der Waals surface area contributed by atoms with Crippen molar-refractivity contribution in [2.24, 2.45) is 11.8 Å². The van der Waals surface area contributed by atoms with Crippen molar-refractivity contribution in [1.82, 2.24) is 19.3 Å². The molecule has 2 N–H and O–H groups in total. The molecular formula is C18H16N4O4S2. The molecule has 4 atom stereocenters. The number of carboxylic acids is 1. The van der Waals surface area contributed by atoms with E-state index in [-0.39, 0.29) is 23.6 Å². The molecular weight excluding hydrogens is 400 g/mol. The first-order valence-corrected chi connectivity index (χ1v) is 10.5. The van der Waals surface area contributed by atoms with Crippen LogP contribution in [0.1, 0.15) is 18.7 Å². The van der Waals surface area contributed by atoms with Gasteiger partial charge in [-0.05, 0) is 6.92 Å². The molecule has 1 amide bonds. The van der Waals surface area contributed by atoms with E-state index in [9.17, 15) is 19.8 Å². The number of aliphatic hydroxyl groups excluding tert-OH is 1. The topological polar surface area (TPSA) is 108 Å². The number of carbonyl (C=O) groups excluding carboxylic acids is 1. The average Bonchev–Trinajstić information content (AvgIpc) is 3.36. The molecule has 10 heteroatoms. The summed E-state index contributed by atoms with van der Waals surface area (Å²) in [6.07, 6.45) is 2.72. The Morgan fingerprint density at radius 2 is 2.14 bits per heavy atom. The minimum atomic E-state index is -1.13. The first kappa shape index (κ1) is 17.5. The fourth-order valence-corrected chi connectivity index (χ4v) is 6.09. The third-order valence-electron chi connectivity index (χ3n) is 5.53. The van der Waals surface area contributed by atoms with Gasteiger partial charge in [-0.3, -0.25) is 9.20 Å². The van der Waals surface area contributed by atoms with Gasteiger partial charge in [-0.1, -0.05) is 6.92 Å². The van der Waals surface area contributed by atoms with E-state index < -0.39 is 18.0 Å². The van der Waals surface area contributed by atoms with Gasteiger partial charge in [0.2, 0.25) is 5.91 Å². The van der Waals surface area contributed by atoms with Crippen LogP contribution in [0.15, 0.2) is 29.1 Å². The molecule has 1 unspecified atom stereocenters. The van der Waals surface area contributed by atoms with E-state index in [1.54, 1.807) is 18.8 Å². The summed E-state index contributed by atoms with van der Waals surface area (Å²) in [5, 5.41) is 21.7. The van der Waals surface area contributed by atoms with Gasteiger partial charge in [0.15, 0.2) is 0 Å². The summed E-state index contributed by atoms with van der Waals surface area (Å²) in [6.45, 7) is 3.49. The molecule has 5 heterocycles. The molecule has 2 aliphatic heterocycles. The summed E-state index contributed by atoms with van der Waals surface area (Å²) < 4.78 is 1.86. The van der Waals surface area contributed by atoms with Crippen molar-refractivity contribution in [3.63, 3.8) is 0 Å². The maximum absolute atomic E-state index is 12.5. The van der Waals surface area contributed by atoms with Crippen LogP contribution in [0.5, 0.6) is 0 Å². The third-order valence-corrected chi connectivity index (χ3v) is 7.26. The van der Waals surface area contributed by atoms with Crippen molar-refractivity contribution in [2.45, 2.75) is 26.0 Å². The Labute approximate surface area is 167 Å². The zero-order chi connectivity index (χ0) is 19.7. The number of nitrogens with zero attached hydrogens (tertiary/aromatic N) is 4. The lowest BCUT2D eigenvalue weighted by molar-refractivity contribution is -0.163. The molecule has 8 nitrogen and oxygen atoms in total. The molecule has 3 aromatic heterocycles. The Kier molecular flexibility index (Phi) is 3.74. The second-order valence-electron chi connectivity index (χ2n) is 7.10. The summed E-state index contributed by atoms with van der Waals surface area (Å²) in [7, 11) is 0. The molecule has 28 heavy (non-hydrogen) atoms. The lowest BCUT2D eigenvalue weighted by atomic mass is 9.77. The van der Waals surface area contributed by atoms with Crippen LogP contribution in [0.3, 0.4) is 0 Å². The summed E-state index contributed by atoms with van der Waals surface area (Å²) >= 11 is 2.92. The molecule has 0 saturated carbocycles. The van der Waals surface area contributed by atoms with Gasteiger partial charge in [-0.2, -0.15) is 0 Å². The number of β-lactam (4-membered cyclic amide) rings is 1. The maximum atomic E-state index is 12.5. The minimum absolute atomic E-state index is 0.0204. The number of hydrogen-bond donors (Lipinski definition) is 2. The number of aliphatic carboxylic acids is 1. The largest absolute Gasteiger partial charge is 0.477 e. The molecule has 0 bridgehead atoms. The predicted octanol–water partition coefficient (Wildman–Crippen LogP) is 2.17. The van der Waals surface area contributed by atoms with E-state index in [4.69, 9.17) is 0 Å². The van der Waals surface area contributed by atoms with Crippen molar-refractivity contribution in [2.75, 3.05) is 0 Å². The quantitative estimate of drug-likeness (QED) is 0.631. The minimum Gasteiger partial charge on any atom is -0.477 e. The average molecular weight is 416 g/mol. The van der Waals surface area contributed by atoms with Gasteiger partial charge in [-0.15, -0.1) is 22.7 Å². The summed E-state index contributed by atoms with van der Waals surface area (Å²) in [6, 6.07) is -0.328. The van der Waals surface area contributed by atoms with Crippen LogP contribution < -0.4 is 0 Å². The fourth-order valence-electron chi connectivity index (χ4n) is 4.32. The van der Waals surface area contributed by atoms with Crippen molar-refractivity contribution in [3.05, 3.63) is 34.0 Å². The van der Waals surface area contributed by atoms with Crippen LogP contribution in [0.25, 0.3) is 21.8 Å². The monoisotopic (exact) mass is 416 g/mol. The summed E-state index contributed by atoms with van der Waals surface area (Å²) in [4.78, 5) is 36.2. The first-order chi connectivity index (χ1) is 13.4. The van der Waals surface area contributed by atoms with Gasteiger partial charge in [0.1, 0.15) is 28.2 Å². The number of imidazole rings is 1. The van der Waals surface area contributed by atoms with Gasteiger partial charge in [-0.25, -0.2) is 14.8 Å². The number of carboxylic acid groups (broad SMARTS) is 1. The molecule has 3 aromatic rings. The van der Waals surface area contributed by atoms with Crippen molar-refractivity contribution < 1.29 is 19.8 Å². The van der Waals surface area contributed by atoms with Gasteiger partial charge in [0, 0.05) is 23.1 Å². The zero-order valence-corrected chi connectivity index (χ0v) is 16.6. The lowest BCUT2D eigenvalue weighted by Crippen LogP contribution is -2.63. The maximum Gasteiger partial charge on any atom is 0.352 e. The zero-order valence-electron chi connectivity index (χ0n) is 14.9. The van der Waals surface area contributed by atoms with Crippen molar-refractivity contribution >= 4 is 45.0 Å².